The molecular formula is C14H10Cl2F6O. The van der Waals surface area contributed by atoms with Crippen molar-refractivity contribution in [1.82, 2.24) is 0 Å². The van der Waals surface area contributed by atoms with Gasteiger partial charge in [0.15, 0.2) is 0 Å². The van der Waals surface area contributed by atoms with Crippen LogP contribution < -0.4 is 0 Å². The molecule has 1 nitrogen and oxygen atoms in total. The minimum Gasteiger partial charge on any atom is -0.412 e. The molecule has 128 valence electrons. The zero-order chi connectivity index (χ0) is 17.0. The fourth-order valence-electron chi connectivity index (χ4n) is 1.28. The van der Waals surface area contributed by atoms with Gasteiger partial charge < -0.3 is 5.48 Å². The van der Waals surface area contributed by atoms with E-state index in [0.29, 0.717) is 10.0 Å². The maximum atomic E-state index is 11.9. The predicted octanol–water partition coefficient (Wildman–Crippen LogP) is 5.89. The second kappa shape index (κ2) is 8.42. The van der Waals surface area contributed by atoms with Crippen LogP contribution in [-0.4, -0.2) is 5.48 Å². The molecule has 0 aliphatic carbocycles. The fourth-order valence-corrected chi connectivity index (χ4v) is 1.53. The summed E-state index contributed by atoms with van der Waals surface area (Å²) in [7, 11) is 0. The third-order valence-corrected chi connectivity index (χ3v) is 2.85. The second-order valence-electron chi connectivity index (χ2n) is 4.01. The van der Waals surface area contributed by atoms with Gasteiger partial charge in [0.2, 0.25) is 0 Å². The minimum atomic E-state index is -4.27. The van der Waals surface area contributed by atoms with E-state index in [9.17, 15) is 26.3 Å². The van der Waals surface area contributed by atoms with Gasteiger partial charge in [-0.15, -0.1) is 0 Å². The van der Waals surface area contributed by atoms with Crippen molar-refractivity contribution < 1.29 is 31.8 Å². The van der Waals surface area contributed by atoms with E-state index in [4.69, 9.17) is 23.2 Å². The van der Waals surface area contributed by atoms with Gasteiger partial charge >= 0.3 is 12.4 Å². The third-order valence-electron chi connectivity index (χ3n) is 2.34. The number of halogens is 8. The van der Waals surface area contributed by atoms with Gasteiger partial charge in [0, 0.05) is 10.0 Å². The molecule has 9 heteroatoms. The second-order valence-corrected chi connectivity index (χ2v) is 4.88. The molecule has 0 aromatic heterocycles. The quantitative estimate of drug-likeness (QED) is 0.511. The van der Waals surface area contributed by atoms with Crippen molar-refractivity contribution in [2.24, 2.45) is 0 Å². The summed E-state index contributed by atoms with van der Waals surface area (Å²) < 4.78 is 71.3. The molecule has 0 atom stereocenters. The van der Waals surface area contributed by atoms with Crippen molar-refractivity contribution in [2.45, 2.75) is 12.4 Å². The normalized spacial score (nSPS) is 11.1. The first-order chi connectivity index (χ1) is 10.00. The van der Waals surface area contributed by atoms with E-state index in [1.807, 2.05) is 0 Å². The number of alkyl halides is 6. The van der Waals surface area contributed by atoms with Crippen LogP contribution in [0.4, 0.5) is 26.3 Å². The Bertz CT molecular complexity index is 535. The maximum Gasteiger partial charge on any atom is 0.416 e. The SMILES string of the molecule is FC(F)(F)c1ccc(Cl)cc1.FC(F)(F)c1ccc(Cl)cc1.O. The molecule has 0 aliphatic rings. The van der Waals surface area contributed by atoms with Gasteiger partial charge in [-0.1, -0.05) is 23.2 Å². The highest BCUT2D eigenvalue weighted by atomic mass is 35.5. The van der Waals surface area contributed by atoms with Crippen molar-refractivity contribution >= 4 is 23.2 Å². The molecule has 0 fully saturated rings. The highest BCUT2D eigenvalue weighted by Gasteiger charge is 2.30. The Balaban J connectivity index is 0.000000403. The lowest BCUT2D eigenvalue weighted by Gasteiger charge is -2.04. The Morgan fingerprint density at radius 1 is 0.522 bits per heavy atom. The zero-order valence-corrected chi connectivity index (χ0v) is 12.7. The van der Waals surface area contributed by atoms with E-state index < -0.39 is 23.5 Å². The summed E-state index contributed by atoms with van der Waals surface area (Å²) in [5.41, 5.74) is -1.36. The first-order valence-corrected chi connectivity index (χ1v) is 6.41. The average Bonchev–Trinajstić information content (AvgIpc) is 2.38. The van der Waals surface area contributed by atoms with E-state index in [2.05, 4.69) is 0 Å². The van der Waals surface area contributed by atoms with Crippen LogP contribution in [-0.2, 0) is 12.4 Å². The lowest BCUT2D eigenvalue weighted by molar-refractivity contribution is -0.138. The van der Waals surface area contributed by atoms with Crippen molar-refractivity contribution in [3.8, 4) is 0 Å². The maximum absolute atomic E-state index is 11.9. The molecule has 0 heterocycles. The Kier molecular flexibility index (Phi) is 7.90. The van der Waals surface area contributed by atoms with Crippen molar-refractivity contribution in [3.63, 3.8) is 0 Å². The molecule has 23 heavy (non-hydrogen) atoms. The predicted molar refractivity (Wildman–Crippen MR) is 76.5 cm³/mol. The minimum absolute atomic E-state index is 0. The van der Waals surface area contributed by atoms with Crippen molar-refractivity contribution in [3.05, 3.63) is 69.7 Å². The summed E-state index contributed by atoms with van der Waals surface area (Å²) in [6.07, 6.45) is -8.55. The van der Waals surface area contributed by atoms with Crippen LogP contribution in [0.2, 0.25) is 10.0 Å². The van der Waals surface area contributed by atoms with E-state index in [1.54, 1.807) is 0 Å². The van der Waals surface area contributed by atoms with Gasteiger partial charge in [-0.25, -0.2) is 0 Å². The van der Waals surface area contributed by atoms with Gasteiger partial charge in [0.25, 0.3) is 0 Å². The summed E-state index contributed by atoms with van der Waals surface area (Å²) in [5, 5.41) is 0.607. The molecular weight excluding hydrogens is 369 g/mol. The van der Waals surface area contributed by atoms with Crippen LogP contribution >= 0.6 is 23.2 Å². The molecule has 0 spiro atoms. The summed E-state index contributed by atoms with van der Waals surface area (Å²) in [4.78, 5) is 0. The van der Waals surface area contributed by atoms with Gasteiger partial charge in [-0.3, -0.25) is 0 Å². The first-order valence-electron chi connectivity index (χ1n) is 5.65. The van der Waals surface area contributed by atoms with Gasteiger partial charge in [0.1, 0.15) is 0 Å². The molecule has 0 radical (unpaired) electrons. The van der Waals surface area contributed by atoms with Crippen LogP contribution in [0.25, 0.3) is 0 Å². The zero-order valence-electron chi connectivity index (χ0n) is 11.1. The van der Waals surface area contributed by atoms with E-state index >= 15 is 0 Å². The van der Waals surface area contributed by atoms with Crippen LogP contribution in [0, 0.1) is 0 Å². The summed E-state index contributed by atoms with van der Waals surface area (Å²) in [5.74, 6) is 0. The third kappa shape index (κ3) is 7.58. The van der Waals surface area contributed by atoms with Gasteiger partial charge in [-0.2, -0.15) is 26.3 Å². The topological polar surface area (TPSA) is 31.5 Å². The Hall–Kier alpha value is -1.44. The highest BCUT2D eigenvalue weighted by Crippen LogP contribution is 2.30. The van der Waals surface area contributed by atoms with Crippen LogP contribution in [0.1, 0.15) is 11.1 Å². The lowest BCUT2D eigenvalue weighted by Crippen LogP contribution is -2.03. The van der Waals surface area contributed by atoms with Crippen molar-refractivity contribution in [2.75, 3.05) is 0 Å². The summed E-state index contributed by atoms with van der Waals surface area (Å²) in [6.45, 7) is 0. The summed E-state index contributed by atoms with van der Waals surface area (Å²) in [6, 6.07) is 8.64. The Morgan fingerprint density at radius 2 is 0.739 bits per heavy atom. The average molecular weight is 379 g/mol. The molecule has 2 aromatic rings. The fraction of sp³-hybridized carbons (Fsp3) is 0.143. The molecule has 0 bridgehead atoms. The largest absolute Gasteiger partial charge is 0.416 e. The Labute approximate surface area is 137 Å². The smallest absolute Gasteiger partial charge is 0.412 e. The standard InChI is InChI=1S/2C7H4ClF3.H2O/c2*8-6-3-1-5(2-4-6)7(9,10)11;/h2*1-4H;1H2. The molecule has 2 N–H and O–H groups in total. The Morgan fingerprint density at radius 3 is 0.913 bits per heavy atom. The van der Waals surface area contributed by atoms with E-state index in [-0.39, 0.29) is 5.48 Å². The van der Waals surface area contributed by atoms with Crippen LogP contribution in [0.15, 0.2) is 48.5 Å². The van der Waals surface area contributed by atoms with Crippen LogP contribution in [0.5, 0.6) is 0 Å². The molecule has 0 aliphatic heterocycles. The molecule has 0 saturated carbocycles. The molecule has 0 unspecified atom stereocenters. The first kappa shape index (κ1) is 21.6. The number of rotatable bonds is 0. The number of benzene rings is 2. The van der Waals surface area contributed by atoms with Gasteiger partial charge in [-0.05, 0) is 48.5 Å². The summed E-state index contributed by atoms with van der Waals surface area (Å²) >= 11 is 10.8. The number of hydrogen-bond acceptors (Lipinski definition) is 0. The molecule has 0 amide bonds. The molecule has 0 saturated heterocycles. The van der Waals surface area contributed by atoms with Crippen LogP contribution in [0.3, 0.4) is 0 Å². The van der Waals surface area contributed by atoms with Crippen molar-refractivity contribution in [1.29, 1.82) is 0 Å². The lowest BCUT2D eigenvalue weighted by atomic mass is 10.2. The monoisotopic (exact) mass is 378 g/mol. The molecule has 2 rings (SSSR count). The van der Waals surface area contributed by atoms with E-state index in [0.717, 1.165) is 24.3 Å². The van der Waals surface area contributed by atoms with Gasteiger partial charge in [0.05, 0.1) is 11.1 Å². The van der Waals surface area contributed by atoms with E-state index in [1.165, 1.54) is 24.3 Å². The molecule has 2 aromatic carbocycles. The number of hydrogen-bond donors (Lipinski definition) is 0. The highest BCUT2D eigenvalue weighted by molar-refractivity contribution is 6.30.